The van der Waals surface area contributed by atoms with Gasteiger partial charge in [0.15, 0.2) is 0 Å². The summed E-state index contributed by atoms with van der Waals surface area (Å²) in [5.74, 6) is 0.256. The Labute approximate surface area is 247 Å². The number of benzene rings is 3. The number of aromatic carboxylic acids is 1. The van der Waals surface area contributed by atoms with Crippen LogP contribution >= 0.6 is 0 Å². The summed E-state index contributed by atoms with van der Waals surface area (Å²) >= 11 is 0. The monoisotopic (exact) mass is 594 g/mol. The number of unbranched alkanes of at least 4 members (excludes halogenated alkanes) is 1. The molecule has 224 valence electrons. The Balaban J connectivity index is 1.31. The minimum Gasteiger partial charge on any atom is -0.478 e. The van der Waals surface area contributed by atoms with Crippen molar-refractivity contribution < 1.29 is 27.9 Å². The number of urea groups is 1. The summed E-state index contributed by atoms with van der Waals surface area (Å²) in [5.41, 5.74) is 2.21. The van der Waals surface area contributed by atoms with E-state index in [9.17, 15) is 23.1 Å². The fourth-order valence-corrected chi connectivity index (χ4v) is 5.66. The van der Waals surface area contributed by atoms with Crippen LogP contribution in [0, 0.1) is 0 Å². The molecule has 0 bridgehead atoms. The zero-order valence-electron chi connectivity index (χ0n) is 23.9. The summed E-state index contributed by atoms with van der Waals surface area (Å²) in [7, 11) is -3.33. The molecule has 3 aromatic carbocycles. The number of carboxylic acids is 1. The van der Waals surface area contributed by atoms with Gasteiger partial charge in [0.2, 0.25) is 10.0 Å². The Morgan fingerprint density at radius 2 is 1.69 bits per heavy atom. The Morgan fingerprint density at radius 3 is 2.33 bits per heavy atom. The van der Waals surface area contributed by atoms with Crippen LogP contribution in [0.1, 0.15) is 54.9 Å². The Hall–Kier alpha value is -4.09. The first-order valence-corrected chi connectivity index (χ1v) is 16.0. The van der Waals surface area contributed by atoms with Gasteiger partial charge in [0.05, 0.1) is 11.8 Å². The van der Waals surface area contributed by atoms with E-state index in [0.29, 0.717) is 28.9 Å². The number of nitrogens with zero attached hydrogens (tertiary/aromatic N) is 1. The molecule has 4 rings (SSSR count). The molecule has 42 heavy (non-hydrogen) atoms. The zero-order valence-corrected chi connectivity index (χ0v) is 24.7. The number of hydrogen-bond donors (Lipinski definition) is 4. The van der Waals surface area contributed by atoms with Gasteiger partial charge in [0, 0.05) is 36.5 Å². The molecule has 1 heterocycles. The third kappa shape index (κ3) is 9.49. The van der Waals surface area contributed by atoms with Crippen LogP contribution in [0.2, 0.25) is 0 Å². The SMILES string of the molecule is CCCCC1CC(NC(=O)Nc2cccc(C(=O)O)c2)CCN1Cc1ccc(Oc2ccc(NS(C)(=O)=O)cc2)cc1. The Kier molecular flexibility index (Phi) is 10.4. The standard InChI is InChI=1S/C31H38N4O6S/c1-3-4-8-27-20-26(33-31(38)32-25-7-5-6-23(19-25)30(36)37)17-18-35(27)21-22-9-13-28(14-10-22)41-29-15-11-24(12-16-29)34-42(2,39)40/h5-7,9-16,19,26-27,34H,3-4,8,17-18,20-21H2,1-2H3,(H,36,37)(H2,32,33,38). The van der Waals surface area contributed by atoms with E-state index in [-0.39, 0.29) is 17.6 Å². The van der Waals surface area contributed by atoms with Crippen LogP contribution in [0.4, 0.5) is 16.2 Å². The minimum atomic E-state index is -3.33. The molecule has 2 atom stereocenters. The van der Waals surface area contributed by atoms with Gasteiger partial charge in [-0.25, -0.2) is 18.0 Å². The molecule has 0 aromatic heterocycles. The summed E-state index contributed by atoms with van der Waals surface area (Å²) in [5, 5.41) is 15.0. The number of likely N-dealkylation sites (tertiary alicyclic amines) is 1. The molecule has 4 N–H and O–H groups in total. The second kappa shape index (κ2) is 14.2. The van der Waals surface area contributed by atoms with Gasteiger partial charge in [-0.05, 0) is 79.4 Å². The van der Waals surface area contributed by atoms with Crippen LogP contribution in [0.15, 0.2) is 72.8 Å². The van der Waals surface area contributed by atoms with Gasteiger partial charge in [-0.1, -0.05) is 38.0 Å². The largest absolute Gasteiger partial charge is 0.478 e. The lowest BCUT2D eigenvalue weighted by molar-refractivity contribution is 0.0696. The molecule has 10 nitrogen and oxygen atoms in total. The van der Waals surface area contributed by atoms with Crippen LogP contribution in [-0.2, 0) is 16.6 Å². The number of anilines is 2. The van der Waals surface area contributed by atoms with E-state index in [0.717, 1.165) is 51.4 Å². The summed E-state index contributed by atoms with van der Waals surface area (Å²) in [4.78, 5) is 26.4. The molecule has 1 saturated heterocycles. The van der Waals surface area contributed by atoms with Gasteiger partial charge >= 0.3 is 12.0 Å². The molecule has 3 aromatic rings. The number of nitrogens with one attached hydrogen (secondary N) is 3. The minimum absolute atomic E-state index is 0.0283. The molecule has 2 unspecified atom stereocenters. The lowest BCUT2D eigenvalue weighted by atomic mass is 9.93. The highest BCUT2D eigenvalue weighted by Gasteiger charge is 2.29. The van der Waals surface area contributed by atoms with Gasteiger partial charge in [0.25, 0.3) is 0 Å². The van der Waals surface area contributed by atoms with Gasteiger partial charge < -0.3 is 20.5 Å². The highest BCUT2D eigenvalue weighted by molar-refractivity contribution is 7.92. The maximum atomic E-state index is 12.7. The molecular formula is C31H38N4O6S. The van der Waals surface area contributed by atoms with E-state index in [4.69, 9.17) is 4.74 Å². The molecule has 1 aliphatic rings. The van der Waals surface area contributed by atoms with E-state index >= 15 is 0 Å². The van der Waals surface area contributed by atoms with Gasteiger partial charge in [-0.2, -0.15) is 0 Å². The van der Waals surface area contributed by atoms with Crippen LogP contribution < -0.4 is 20.1 Å². The number of carbonyl (C=O) groups is 2. The molecule has 0 spiro atoms. The third-order valence-corrected chi connectivity index (χ3v) is 7.74. The quantitative estimate of drug-likeness (QED) is 0.205. The fourth-order valence-electron chi connectivity index (χ4n) is 5.10. The van der Waals surface area contributed by atoms with E-state index in [1.807, 2.05) is 12.1 Å². The van der Waals surface area contributed by atoms with Crippen molar-refractivity contribution in [2.24, 2.45) is 0 Å². The highest BCUT2D eigenvalue weighted by atomic mass is 32.2. The van der Waals surface area contributed by atoms with Gasteiger partial charge in [-0.15, -0.1) is 0 Å². The molecule has 11 heteroatoms. The molecule has 0 aliphatic carbocycles. The van der Waals surface area contributed by atoms with Crippen LogP contribution in [-0.4, -0.2) is 55.3 Å². The number of carboxylic acid groups (broad SMARTS) is 1. The average molecular weight is 595 g/mol. The van der Waals surface area contributed by atoms with Crippen LogP contribution in [0.25, 0.3) is 0 Å². The number of rotatable bonds is 12. The fraction of sp³-hybridized carbons (Fsp3) is 0.355. The lowest BCUT2D eigenvalue weighted by Crippen LogP contribution is -2.50. The maximum Gasteiger partial charge on any atom is 0.335 e. The second-order valence-electron chi connectivity index (χ2n) is 10.6. The van der Waals surface area contributed by atoms with Crippen molar-refractivity contribution in [3.8, 4) is 11.5 Å². The van der Waals surface area contributed by atoms with Crippen molar-refractivity contribution in [2.45, 2.75) is 57.7 Å². The first kappa shape index (κ1) is 30.9. The van der Waals surface area contributed by atoms with Crippen molar-refractivity contribution in [3.63, 3.8) is 0 Å². The van der Waals surface area contributed by atoms with E-state index in [1.54, 1.807) is 36.4 Å². The number of sulfonamides is 1. The van der Waals surface area contributed by atoms with E-state index in [1.165, 1.54) is 17.7 Å². The first-order valence-electron chi connectivity index (χ1n) is 14.1. The van der Waals surface area contributed by atoms with Gasteiger partial charge in [-0.3, -0.25) is 9.62 Å². The smallest absolute Gasteiger partial charge is 0.335 e. The summed E-state index contributed by atoms with van der Waals surface area (Å²) in [6, 6.07) is 20.9. The molecule has 2 amide bonds. The predicted octanol–water partition coefficient (Wildman–Crippen LogP) is 5.89. The number of piperidine rings is 1. The molecule has 1 aliphatic heterocycles. The van der Waals surface area contributed by atoms with Crippen LogP contribution in [0.3, 0.4) is 0 Å². The highest BCUT2D eigenvalue weighted by Crippen LogP contribution is 2.27. The van der Waals surface area contributed by atoms with Crippen molar-refractivity contribution in [2.75, 3.05) is 22.8 Å². The number of hydrogen-bond acceptors (Lipinski definition) is 6. The van der Waals surface area contributed by atoms with Crippen molar-refractivity contribution in [1.29, 1.82) is 0 Å². The Morgan fingerprint density at radius 1 is 1.00 bits per heavy atom. The van der Waals surface area contributed by atoms with E-state index < -0.39 is 16.0 Å². The summed E-state index contributed by atoms with van der Waals surface area (Å²) in [6.45, 7) is 3.82. The molecule has 0 radical (unpaired) electrons. The topological polar surface area (TPSA) is 137 Å². The lowest BCUT2D eigenvalue weighted by Gasteiger charge is -2.40. The number of carbonyl (C=O) groups excluding carboxylic acids is 1. The summed E-state index contributed by atoms with van der Waals surface area (Å²) < 4.78 is 31.1. The molecule has 1 fully saturated rings. The van der Waals surface area contributed by atoms with E-state index in [2.05, 4.69) is 39.3 Å². The zero-order chi connectivity index (χ0) is 30.1. The Bertz CT molecular complexity index is 1460. The normalized spacial score (nSPS) is 17.3. The second-order valence-corrected chi connectivity index (χ2v) is 12.4. The molecule has 0 saturated carbocycles. The number of ether oxygens (including phenoxy) is 1. The third-order valence-electron chi connectivity index (χ3n) is 7.13. The number of amides is 2. The first-order chi connectivity index (χ1) is 20.1. The van der Waals surface area contributed by atoms with Gasteiger partial charge in [0.1, 0.15) is 11.5 Å². The van der Waals surface area contributed by atoms with Crippen LogP contribution in [0.5, 0.6) is 11.5 Å². The van der Waals surface area contributed by atoms with Crippen molar-refractivity contribution >= 4 is 33.4 Å². The predicted molar refractivity (Wildman–Crippen MR) is 164 cm³/mol. The van der Waals surface area contributed by atoms with Crippen molar-refractivity contribution in [3.05, 3.63) is 83.9 Å². The summed E-state index contributed by atoms with van der Waals surface area (Å²) in [6.07, 6.45) is 6.01. The average Bonchev–Trinajstić information content (AvgIpc) is 2.94. The molecular weight excluding hydrogens is 556 g/mol. The van der Waals surface area contributed by atoms with Crippen molar-refractivity contribution in [1.82, 2.24) is 10.2 Å². The maximum absolute atomic E-state index is 12.7.